The Bertz CT molecular complexity index is 1020. The summed E-state index contributed by atoms with van der Waals surface area (Å²) in [6.07, 6.45) is 1.66. The molecule has 0 unspecified atom stereocenters. The lowest BCUT2D eigenvalue weighted by atomic mass is 10.1. The van der Waals surface area contributed by atoms with E-state index in [0.717, 1.165) is 16.7 Å². The van der Waals surface area contributed by atoms with Crippen LogP contribution in [0.1, 0.15) is 28.7 Å². The van der Waals surface area contributed by atoms with Gasteiger partial charge < -0.3 is 4.90 Å². The largest absolute Gasteiger partial charge is 0.335 e. The minimum Gasteiger partial charge on any atom is -0.335 e. The van der Waals surface area contributed by atoms with E-state index in [4.69, 9.17) is 5.26 Å². The molecule has 6 nitrogen and oxygen atoms in total. The lowest BCUT2D eigenvalue weighted by Gasteiger charge is -2.21. The van der Waals surface area contributed by atoms with Crippen LogP contribution in [-0.4, -0.2) is 32.3 Å². The Kier molecular flexibility index (Phi) is 7.71. The Morgan fingerprint density at radius 2 is 1.86 bits per heavy atom. The number of benzene rings is 2. The fourth-order valence-corrected chi connectivity index (χ4v) is 3.85. The van der Waals surface area contributed by atoms with Gasteiger partial charge in [-0.3, -0.25) is 4.79 Å². The van der Waals surface area contributed by atoms with Gasteiger partial charge in [-0.15, -0.1) is 6.58 Å². The van der Waals surface area contributed by atoms with Crippen molar-refractivity contribution in [1.29, 1.82) is 5.26 Å². The monoisotopic (exact) mass is 411 g/mol. The Morgan fingerprint density at radius 1 is 1.17 bits per heavy atom. The van der Waals surface area contributed by atoms with Crippen molar-refractivity contribution in [3.8, 4) is 6.07 Å². The van der Waals surface area contributed by atoms with Crippen LogP contribution in [-0.2, 0) is 21.4 Å². The molecular formula is C22H25N3O3S. The molecule has 0 aliphatic rings. The van der Waals surface area contributed by atoms with Gasteiger partial charge >= 0.3 is 0 Å². The van der Waals surface area contributed by atoms with Crippen molar-refractivity contribution in [2.75, 3.05) is 13.1 Å². The molecule has 0 heterocycles. The number of nitrogens with zero attached hydrogens (tertiary/aromatic N) is 2. The van der Waals surface area contributed by atoms with Crippen LogP contribution in [0, 0.1) is 25.2 Å². The van der Waals surface area contributed by atoms with E-state index in [9.17, 15) is 13.2 Å². The molecular weight excluding hydrogens is 386 g/mol. The van der Waals surface area contributed by atoms with Gasteiger partial charge in [0.05, 0.1) is 16.5 Å². The number of nitriles is 1. The normalized spacial score (nSPS) is 10.9. The lowest BCUT2D eigenvalue weighted by Crippen LogP contribution is -2.34. The molecule has 152 valence electrons. The van der Waals surface area contributed by atoms with Crippen molar-refractivity contribution in [3.05, 3.63) is 77.4 Å². The molecule has 0 saturated heterocycles. The average Bonchev–Trinajstić information content (AvgIpc) is 2.70. The van der Waals surface area contributed by atoms with E-state index in [2.05, 4.69) is 17.4 Å². The van der Waals surface area contributed by atoms with Crippen molar-refractivity contribution >= 4 is 15.9 Å². The number of hydrogen-bond acceptors (Lipinski definition) is 4. The van der Waals surface area contributed by atoms with E-state index < -0.39 is 10.0 Å². The number of carbonyl (C=O) groups is 1. The van der Waals surface area contributed by atoms with Gasteiger partial charge in [-0.05, 0) is 54.8 Å². The number of sulfonamides is 1. The molecule has 2 rings (SSSR count). The van der Waals surface area contributed by atoms with Gasteiger partial charge in [0, 0.05) is 26.1 Å². The molecule has 7 heteroatoms. The summed E-state index contributed by atoms with van der Waals surface area (Å²) < 4.78 is 27.4. The third kappa shape index (κ3) is 6.28. The average molecular weight is 412 g/mol. The van der Waals surface area contributed by atoms with E-state index in [-0.39, 0.29) is 23.8 Å². The van der Waals surface area contributed by atoms with Crippen LogP contribution in [0.4, 0.5) is 0 Å². The number of nitrogens with one attached hydrogen (secondary N) is 1. The van der Waals surface area contributed by atoms with Gasteiger partial charge in [-0.2, -0.15) is 5.26 Å². The summed E-state index contributed by atoms with van der Waals surface area (Å²) in [7, 11) is -3.67. The standard InChI is InChI=1S/C22H25N3O3S/c1-4-13-25(16-20-8-6-19(15-23)7-9-20)22(26)11-12-24-29(27,28)21-10-5-17(2)18(3)14-21/h4-10,14,24H,1,11-13,16H2,2-3H3. The van der Waals surface area contributed by atoms with E-state index in [1.807, 2.05) is 13.8 Å². The highest BCUT2D eigenvalue weighted by atomic mass is 32.2. The lowest BCUT2D eigenvalue weighted by molar-refractivity contribution is -0.131. The zero-order chi connectivity index (χ0) is 21.4. The summed E-state index contributed by atoms with van der Waals surface area (Å²) in [5.41, 5.74) is 3.34. The van der Waals surface area contributed by atoms with Gasteiger partial charge in [-0.25, -0.2) is 13.1 Å². The fourth-order valence-electron chi connectivity index (χ4n) is 2.73. The molecule has 0 spiro atoms. The zero-order valence-corrected chi connectivity index (χ0v) is 17.5. The summed E-state index contributed by atoms with van der Waals surface area (Å²) in [4.78, 5) is 14.4. The second-order valence-corrected chi connectivity index (χ2v) is 8.53. The van der Waals surface area contributed by atoms with Crippen LogP contribution >= 0.6 is 0 Å². The molecule has 2 aromatic carbocycles. The maximum absolute atomic E-state index is 12.6. The third-order valence-electron chi connectivity index (χ3n) is 4.58. The molecule has 0 bridgehead atoms. The molecule has 1 amide bonds. The second-order valence-electron chi connectivity index (χ2n) is 6.77. The van der Waals surface area contributed by atoms with Crippen molar-refractivity contribution < 1.29 is 13.2 Å². The molecule has 1 N–H and O–H groups in total. The van der Waals surface area contributed by atoms with Gasteiger partial charge in [0.2, 0.25) is 15.9 Å². The Labute approximate surface area is 172 Å². The van der Waals surface area contributed by atoms with E-state index >= 15 is 0 Å². The van der Waals surface area contributed by atoms with Crippen LogP contribution in [0.15, 0.2) is 60.0 Å². The van der Waals surface area contributed by atoms with Gasteiger partial charge in [0.25, 0.3) is 0 Å². The van der Waals surface area contributed by atoms with E-state index in [1.165, 1.54) is 0 Å². The molecule has 0 aliphatic heterocycles. The first kappa shape index (κ1) is 22.3. The number of rotatable bonds is 9. The summed E-state index contributed by atoms with van der Waals surface area (Å²) in [6.45, 7) is 8.17. The van der Waals surface area contributed by atoms with Crippen molar-refractivity contribution in [2.24, 2.45) is 0 Å². The Balaban J connectivity index is 1.97. The van der Waals surface area contributed by atoms with Crippen molar-refractivity contribution in [2.45, 2.75) is 31.7 Å². The second kappa shape index (κ2) is 10.0. The zero-order valence-electron chi connectivity index (χ0n) is 16.7. The smallest absolute Gasteiger partial charge is 0.240 e. The van der Waals surface area contributed by atoms with Crippen LogP contribution < -0.4 is 4.72 Å². The number of aryl methyl sites for hydroxylation is 2. The molecule has 0 saturated carbocycles. The first-order valence-electron chi connectivity index (χ1n) is 9.21. The van der Waals surface area contributed by atoms with Crippen molar-refractivity contribution in [1.82, 2.24) is 9.62 Å². The number of hydrogen-bond donors (Lipinski definition) is 1. The van der Waals surface area contributed by atoms with Crippen LogP contribution in [0.3, 0.4) is 0 Å². The summed E-state index contributed by atoms with van der Waals surface area (Å²) in [6, 6.07) is 14.0. The highest BCUT2D eigenvalue weighted by molar-refractivity contribution is 7.89. The first-order chi connectivity index (χ1) is 13.8. The minimum atomic E-state index is -3.67. The minimum absolute atomic E-state index is 0.00903. The Hall–Kier alpha value is -2.95. The predicted octanol–water partition coefficient (Wildman–Crippen LogP) is 3.06. The number of amides is 1. The first-order valence-corrected chi connectivity index (χ1v) is 10.7. The highest BCUT2D eigenvalue weighted by Gasteiger charge is 2.17. The molecule has 0 aromatic heterocycles. The molecule has 29 heavy (non-hydrogen) atoms. The molecule has 0 aliphatic carbocycles. The predicted molar refractivity (Wildman–Crippen MR) is 112 cm³/mol. The van der Waals surface area contributed by atoms with Crippen molar-refractivity contribution in [3.63, 3.8) is 0 Å². The molecule has 0 atom stereocenters. The van der Waals surface area contributed by atoms with E-state index in [1.54, 1.807) is 53.4 Å². The third-order valence-corrected chi connectivity index (χ3v) is 6.04. The quantitative estimate of drug-likeness (QED) is 0.642. The number of carbonyl (C=O) groups excluding carboxylic acids is 1. The van der Waals surface area contributed by atoms with Crippen LogP contribution in [0.25, 0.3) is 0 Å². The SMILES string of the molecule is C=CCN(Cc1ccc(C#N)cc1)C(=O)CCNS(=O)(=O)c1ccc(C)c(C)c1. The highest BCUT2D eigenvalue weighted by Crippen LogP contribution is 2.14. The van der Waals surface area contributed by atoms with Crippen LogP contribution in [0.2, 0.25) is 0 Å². The summed E-state index contributed by atoms with van der Waals surface area (Å²) >= 11 is 0. The molecule has 0 fully saturated rings. The van der Waals surface area contributed by atoms with Gasteiger partial charge in [-0.1, -0.05) is 24.3 Å². The maximum Gasteiger partial charge on any atom is 0.240 e. The maximum atomic E-state index is 12.6. The van der Waals surface area contributed by atoms with E-state index in [0.29, 0.717) is 18.7 Å². The summed E-state index contributed by atoms with van der Waals surface area (Å²) in [5, 5.41) is 8.87. The Morgan fingerprint density at radius 3 is 2.45 bits per heavy atom. The summed E-state index contributed by atoms with van der Waals surface area (Å²) in [5.74, 6) is -0.183. The molecule has 0 radical (unpaired) electrons. The fraction of sp³-hybridized carbons (Fsp3) is 0.273. The van der Waals surface area contributed by atoms with Gasteiger partial charge in [0.15, 0.2) is 0 Å². The molecule has 2 aromatic rings. The van der Waals surface area contributed by atoms with Gasteiger partial charge in [0.1, 0.15) is 0 Å². The topological polar surface area (TPSA) is 90.3 Å². The van der Waals surface area contributed by atoms with Crippen LogP contribution in [0.5, 0.6) is 0 Å².